The van der Waals surface area contributed by atoms with Gasteiger partial charge in [0.1, 0.15) is 17.4 Å². The van der Waals surface area contributed by atoms with Crippen LogP contribution in [-0.2, 0) is 0 Å². The third-order valence-electron chi connectivity index (χ3n) is 4.27. The van der Waals surface area contributed by atoms with E-state index in [0.717, 1.165) is 31.4 Å². The van der Waals surface area contributed by atoms with Crippen LogP contribution in [0.25, 0.3) is 0 Å². The quantitative estimate of drug-likeness (QED) is 0.912. The van der Waals surface area contributed by atoms with Gasteiger partial charge in [0.15, 0.2) is 0 Å². The van der Waals surface area contributed by atoms with E-state index in [4.69, 9.17) is 4.74 Å². The smallest absolute Gasteiger partial charge is 0.119 e. The van der Waals surface area contributed by atoms with Crippen LogP contribution in [-0.4, -0.2) is 17.7 Å². The zero-order valence-electron chi connectivity index (χ0n) is 12.1. The van der Waals surface area contributed by atoms with Crippen molar-refractivity contribution in [3.63, 3.8) is 0 Å². The minimum Gasteiger partial charge on any atom is -0.490 e. The maximum Gasteiger partial charge on any atom is 0.119 e. The molecule has 1 aromatic rings. The number of aryl methyl sites for hydroxylation is 1. The van der Waals surface area contributed by atoms with E-state index in [1.54, 1.807) is 0 Å². The molecule has 3 heteroatoms. The average molecular weight is 270 g/mol. The van der Waals surface area contributed by atoms with Crippen LogP contribution in [0.5, 0.6) is 5.75 Å². The van der Waals surface area contributed by atoms with Gasteiger partial charge in [-0.05, 0) is 56.7 Å². The molecule has 0 heterocycles. The van der Waals surface area contributed by atoms with Crippen molar-refractivity contribution in [2.45, 2.75) is 63.1 Å². The third kappa shape index (κ3) is 3.13. The molecule has 0 aliphatic heterocycles. The van der Waals surface area contributed by atoms with Crippen molar-refractivity contribution in [3.05, 3.63) is 29.8 Å². The van der Waals surface area contributed by atoms with Gasteiger partial charge in [-0.15, -0.1) is 0 Å². The number of ether oxygens (including phenoxy) is 1. The topological polar surface area (TPSA) is 45.0 Å². The summed E-state index contributed by atoms with van der Waals surface area (Å²) in [6.45, 7) is 2.07. The van der Waals surface area contributed by atoms with Crippen LogP contribution in [0.3, 0.4) is 0 Å². The molecule has 0 radical (unpaired) electrons. The lowest BCUT2D eigenvalue weighted by Crippen LogP contribution is -2.50. The molecule has 1 aromatic carbocycles. The zero-order valence-corrected chi connectivity index (χ0v) is 12.1. The van der Waals surface area contributed by atoms with Crippen molar-refractivity contribution in [1.29, 1.82) is 5.26 Å². The first-order valence-corrected chi connectivity index (χ1v) is 7.61. The van der Waals surface area contributed by atoms with Crippen LogP contribution >= 0.6 is 0 Å². The van der Waals surface area contributed by atoms with E-state index in [2.05, 4.69) is 30.4 Å². The zero-order chi connectivity index (χ0) is 14.0. The van der Waals surface area contributed by atoms with Gasteiger partial charge in [-0.3, -0.25) is 5.32 Å². The molecule has 0 spiro atoms. The standard InChI is InChI=1S/C17H22N2O/c1-13-4-2-5-15(10-13)20-16-6-3-9-17(11-16,12-18)19-14-7-8-14/h2,4-5,10,14,16,19H,3,6-9,11H2,1H3. The van der Waals surface area contributed by atoms with Crippen molar-refractivity contribution in [1.82, 2.24) is 5.32 Å². The molecule has 3 rings (SSSR count). The van der Waals surface area contributed by atoms with Crippen LogP contribution in [0.4, 0.5) is 0 Å². The fourth-order valence-electron chi connectivity index (χ4n) is 3.09. The van der Waals surface area contributed by atoms with E-state index in [-0.39, 0.29) is 11.6 Å². The fourth-order valence-corrected chi connectivity index (χ4v) is 3.09. The second-order valence-electron chi connectivity index (χ2n) is 6.27. The lowest BCUT2D eigenvalue weighted by molar-refractivity contribution is 0.112. The van der Waals surface area contributed by atoms with Gasteiger partial charge in [-0.25, -0.2) is 0 Å². The van der Waals surface area contributed by atoms with Gasteiger partial charge < -0.3 is 4.74 Å². The van der Waals surface area contributed by atoms with E-state index >= 15 is 0 Å². The first-order chi connectivity index (χ1) is 9.69. The molecule has 2 fully saturated rings. The largest absolute Gasteiger partial charge is 0.490 e. The Morgan fingerprint density at radius 1 is 1.35 bits per heavy atom. The number of hydrogen-bond donors (Lipinski definition) is 1. The average Bonchev–Trinajstić information content (AvgIpc) is 3.23. The van der Waals surface area contributed by atoms with Crippen LogP contribution in [0, 0.1) is 18.3 Å². The maximum absolute atomic E-state index is 9.58. The summed E-state index contributed by atoms with van der Waals surface area (Å²) in [5, 5.41) is 13.1. The summed E-state index contributed by atoms with van der Waals surface area (Å²) in [7, 11) is 0. The first-order valence-electron chi connectivity index (χ1n) is 7.61. The highest BCUT2D eigenvalue weighted by Crippen LogP contribution is 2.34. The van der Waals surface area contributed by atoms with Gasteiger partial charge in [0.2, 0.25) is 0 Å². The Labute approximate surface area is 120 Å². The molecule has 2 atom stereocenters. The Hall–Kier alpha value is -1.53. The van der Waals surface area contributed by atoms with Crippen molar-refractivity contribution < 1.29 is 4.74 Å². The summed E-state index contributed by atoms with van der Waals surface area (Å²) in [4.78, 5) is 0. The fraction of sp³-hybridized carbons (Fsp3) is 0.588. The number of rotatable bonds is 4. The summed E-state index contributed by atoms with van der Waals surface area (Å²) in [5.41, 5.74) is 0.842. The molecular formula is C17H22N2O. The number of nitrogens with one attached hydrogen (secondary N) is 1. The summed E-state index contributed by atoms with van der Waals surface area (Å²) >= 11 is 0. The second kappa shape index (κ2) is 5.46. The highest BCUT2D eigenvalue weighted by Gasteiger charge is 2.41. The van der Waals surface area contributed by atoms with Gasteiger partial charge in [-0.1, -0.05) is 12.1 Å². The molecule has 2 aliphatic carbocycles. The lowest BCUT2D eigenvalue weighted by atomic mass is 9.81. The predicted molar refractivity (Wildman–Crippen MR) is 78.6 cm³/mol. The molecule has 2 saturated carbocycles. The van der Waals surface area contributed by atoms with Gasteiger partial charge in [0.25, 0.3) is 0 Å². The number of nitriles is 1. The Bertz CT molecular complexity index is 518. The molecule has 0 saturated heterocycles. The minimum absolute atomic E-state index is 0.149. The van der Waals surface area contributed by atoms with E-state index in [9.17, 15) is 5.26 Å². The normalized spacial score (nSPS) is 29.7. The Balaban J connectivity index is 1.66. The molecular weight excluding hydrogens is 248 g/mol. The van der Waals surface area contributed by atoms with E-state index in [1.807, 2.05) is 12.1 Å². The summed E-state index contributed by atoms with van der Waals surface area (Å²) < 4.78 is 6.10. The van der Waals surface area contributed by atoms with Gasteiger partial charge in [0, 0.05) is 12.5 Å². The van der Waals surface area contributed by atoms with Gasteiger partial charge >= 0.3 is 0 Å². The molecule has 0 aromatic heterocycles. The third-order valence-corrected chi connectivity index (χ3v) is 4.27. The van der Waals surface area contributed by atoms with Gasteiger partial charge in [-0.2, -0.15) is 5.26 Å². The minimum atomic E-state index is -0.367. The van der Waals surface area contributed by atoms with Crippen molar-refractivity contribution >= 4 is 0 Å². The predicted octanol–water partition coefficient (Wildman–Crippen LogP) is 3.33. The number of benzene rings is 1. The highest BCUT2D eigenvalue weighted by molar-refractivity contribution is 5.28. The SMILES string of the molecule is Cc1cccc(OC2CCCC(C#N)(NC3CC3)C2)c1. The van der Waals surface area contributed by atoms with Crippen LogP contribution in [0.1, 0.15) is 44.1 Å². The molecule has 1 N–H and O–H groups in total. The molecule has 2 unspecified atom stereocenters. The maximum atomic E-state index is 9.58. The van der Waals surface area contributed by atoms with Crippen molar-refractivity contribution in [3.8, 4) is 11.8 Å². The molecule has 0 bridgehead atoms. The Morgan fingerprint density at radius 3 is 2.90 bits per heavy atom. The molecule has 0 amide bonds. The Kier molecular flexibility index (Phi) is 3.67. The Morgan fingerprint density at radius 2 is 2.20 bits per heavy atom. The molecule has 106 valence electrons. The van der Waals surface area contributed by atoms with Crippen LogP contribution in [0.15, 0.2) is 24.3 Å². The van der Waals surface area contributed by atoms with Crippen LogP contribution < -0.4 is 10.1 Å². The monoisotopic (exact) mass is 270 g/mol. The lowest BCUT2D eigenvalue weighted by Gasteiger charge is -2.36. The summed E-state index contributed by atoms with van der Waals surface area (Å²) in [5.74, 6) is 0.926. The molecule has 3 nitrogen and oxygen atoms in total. The van der Waals surface area contributed by atoms with E-state index < -0.39 is 0 Å². The highest BCUT2D eigenvalue weighted by atomic mass is 16.5. The summed E-state index contributed by atoms with van der Waals surface area (Å²) in [6.07, 6.45) is 6.44. The van der Waals surface area contributed by atoms with Gasteiger partial charge in [0.05, 0.1) is 6.07 Å². The van der Waals surface area contributed by atoms with E-state index in [0.29, 0.717) is 6.04 Å². The molecule has 2 aliphatic rings. The number of nitrogens with zero attached hydrogens (tertiary/aromatic N) is 1. The summed E-state index contributed by atoms with van der Waals surface area (Å²) in [6, 6.07) is 11.3. The van der Waals surface area contributed by atoms with E-state index in [1.165, 1.54) is 18.4 Å². The first kappa shape index (κ1) is 13.5. The molecule has 20 heavy (non-hydrogen) atoms. The van der Waals surface area contributed by atoms with Crippen molar-refractivity contribution in [2.75, 3.05) is 0 Å². The van der Waals surface area contributed by atoms with Crippen molar-refractivity contribution in [2.24, 2.45) is 0 Å². The second-order valence-corrected chi connectivity index (χ2v) is 6.27. The van der Waals surface area contributed by atoms with Crippen LogP contribution in [0.2, 0.25) is 0 Å². The number of hydrogen-bond acceptors (Lipinski definition) is 3.